The third-order valence-electron chi connectivity index (χ3n) is 5.32. The van der Waals surface area contributed by atoms with E-state index in [-0.39, 0.29) is 6.04 Å². The van der Waals surface area contributed by atoms with Crippen LogP contribution in [-0.2, 0) is 19.5 Å². The van der Waals surface area contributed by atoms with E-state index in [1.54, 1.807) is 0 Å². The van der Waals surface area contributed by atoms with E-state index < -0.39 is 6.10 Å². The van der Waals surface area contributed by atoms with Gasteiger partial charge in [-0.3, -0.25) is 4.90 Å². The zero-order chi connectivity index (χ0) is 20.3. The van der Waals surface area contributed by atoms with Crippen molar-refractivity contribution in [3.63, 3.8) is 0 Å². The molecule has 0 fully saturated rings. The molecule has 3 aromatic rings. The molecule has 0 bridgehead atoms. The summed E-state index contributed by atoms with van der Waals surface area (Å²) in [5.74, 6) is 0. The van der Waals surface area contributed by atoms with E-state index in [0.717, 1.165) is 32.4 Å². The lowest BCUT2D eigenvalue weighted by Gasteiger charge is -2.35. The van der Waals surface area contributed by atoms with E-state index >= 15 is 0 Å². The summed E-state index contributed by atoms with van der Waals surface area (Å²) in [4.78, 5) is 2.42. The van der Waals surface area contributed by atoms with Crippen molar-refractivity contribution in [3.8, 4) is 0 Å². The Balaban J connectivity index is 1.89. The quantitative estimate of drug-likeness (QED) is 0.433. The Morgan fingerprint density at radius 2 is 1.17 bits per heavy atom. The number of aliphatic hydroxyl groups excluding tert-OH is 1. The molecular formula is C27H31NO. The summed E-state index contributed by atoms with van der Waals surface area (Å²) in [5.41, 5.74) is 3.77. The van der Waals surface area contributed by atoms with Gasteiger partial charge in [-0.1, -0.05) is 97.1 Å². The summed E-state index contributed by atoms with van der Waals surface area (Å²) in [7, 11) is 0. The minimum Gasteiger partial charge on any atom is -0.391 e. The third kappa shape index (κ3) is 6.70. The summed E-state index contributed by atoms with van der Waals surface area (Å²) in [5, 5.41) is 11.1. The van der Waals surface area contributed by atoms with Crippen LogP contribution in [0.1, 0.15) is 29.5 Å². The van der Waals surface area contributed by atoms with E-state index in [2.05, 4.69) is 84.3 Å². The average Bonchev–Trinajstić information content (AvgIpc) is 2.77. The van der Waals surface area contributed by atoms with Gasteiger partial charge >= 0.3 is 0 Å². The van der Waals surface area contributed by atoms with Gasteiger partial charge in [0, 0.05) is 19.1 Å². The SMILES string of the molecule is C=CCC[C@H](O)[C@H](Cc1ccccc1)N(Cc1ccccc1)Cc1ccccc1. The van der Waals surface area contributed by atoms with Crippen molar-refractivity contribution in [1.82, 2.24) is 4.90 Å². The highest BCUT2D eigenvalue weighted by Gasteiger charge is 2.26. The predicted molar refractivity (Wildman–Crippen MR) is 122 cm³/mol. The average molecular weight is 386 g/mol. The molecule has 3 aromatic carbocycles. The topological polar surface area (TPSA) is 23.5 Å². The molecule has 3 rings (SSSR count). The molecule has 1 N–H and O–H groups in total. The lowest BCUT2D eigenvalue weighted by molar-refractivity contribution is 0.0347. The molecule has 0 saturated carbocycles. The largest absolute Gasteiger partial charge is 0.391 e. The van der Waals surface area contributed by atoms with Crippen LogP contribution in [0, 0.1) is 0 Å². The van der Waals surface area contributed by atoms with Crippen LogP contribution >= 0.6 is 0 Å². The van der Waals surface area contributed by atoms with Crippen molar-refractivity contribution in [2.75, 3.05) is 0 Å². The van der Waals surface area contributed by atoms with E-state index in [4.69, 9.17) is 0 Å². The zero-order valence-electron chi connectivity index (χ0n) is 17.0. The molecule has 2 heteroatoms. The highest BCUT2D eigenvalue weighted by Crippen LogP contribution is 2.21. The van der Waals surface area contributed by atoms with Gasteiger partial charge in [0.1, 0.15) is 0 Å². The number of rotatable bonds is 11. The first-order chi connectivity index (χ1) is 14.3. The van der Waals surface area contributed by atoms with Crippen LogP contribution in [0.2, 0.25) is 0 Å². The summed E-state index contributed by atoms with van der Waals surface area (Å²) in [6.45, 7) is 5.44. The molecule has 0 unspecified atom stereocenters. The van der Waals surface area contributed by atoms with Crippen LogP contribution in [0.5, 0.6) is 0 Å². The second kappa shape index (κ2) is 11.4. The molecular weight excluding hydrogens is 354 g/mol. The molecule has 0 radical (unpaired) electrons. The van der Waals surface area contributed by atoms with Crippen LogP contribution in [0.15, 0.2) is 104 Å². The summed E-state index contributed by atoms with van der Waals surface area (Å²) in [6, 6.07) is 31.6. The van der Waals surface area contributed by atoms with Crippen molar-refractivity contribution in [2.45, 2.75) is 44.5 Å². The third-order valence-corrected chi connectivity index (χ3v) is 5.32. The van der Waals surface area contributed by atoms with Crippen molar-refractivity contribution in [1.29, 1.82) is 0 Å². The number of aliphatic hydroxyl groups is 1. The molecule has 150 valence electrons. The summed E-state index contributed by atoms with van der Waals surface area (Å²) >= 11 is 0. The fraction of sp³-hybridized carbons (Fsp3) is 0.259. The molecule has 0 aliphatic carbocycles. The van der Waals surface area contributed by atoms with Gasteiger partial charge in [0.2, 0.25) is 0 Å². The van der Waals surface area contributed by atoms with Gasteiger partial charge in [-0.15, -0.1) is 6.58 Å². The maximum atomic E-state index is 11.1. The van der Waals surface area contributed by atoms with Gasteiger partial charge in [0.25, 0.3) is 0 Å². The first-order valence-electron chi connectivity index (χ1n) is 10.4. The Morgan fingerprint density at radius 1 is 0.724 bits per heavy atom. The van der Waals surface area contributed by atoms with Gasteiger partial charge in [-0.05, 0) is 36.0 Å². The fourth-order valence-corrected chi connectivity index (χ4v) is 3.77. The first kappa shape index (κ1) is 21.0. The molecule has 0 saturated heterocycles. The highest BCUT2D eigenvalue weighted by atomic mass is 16.3. The van der Waals surface area contributed by atoms with Crippen molar-refractivity contribution >= 4 is 0 Å². The summed E-state index contributed by atoms with van der Waals surface area (Å²) in [6.07, 6.45) is 3.83. The number of nitrogens with zero attached hydrogens (tertiary/aromatic N) is 1. The molecule has 0 spiro atoms. The van der Waals surface area contributed by atoms with E-state index in [1.165, 1.54) is 16.7 Å². The van der Waals surface area contributed by atoms with Crippen LogP contribution in [0.25, 0.3) is 0 Å². The maximum absolute atomic E-state index is 11.1. The molecule has 0 aliphatic heterocycles. The van der Waals surface area contributed by atoms with E-state index in [1.807, 2.05) is 24.3 Å². The predicted octanol–water partition coefficient (Wildman–Crippen LogP) is 5.63. The molecule has 29 heavy (non-hydrogen) atoms. The van der Waals surface area contributed by atoms with Gasteiger partial charge in [0.05, 0.1) is 6.10 Å². The Morgan fingerprint density at radius 3 is 1.62 bits per heavy atom. The second-order valence-electron chi connectivity index (χ2n) is 7.57. The monoisotopic (exact) mass is 385 g/mol. The van der Waals surface area contributed by atoms with Gasteiger partial charge in [-0.2, -0.15) is 0 Å². The molecule has 0 amide bonds. The molecule has 2 nitrogen and oxygen atoms in total. The van der Waals surface area contributed by atoms with Crippen molar-refractivity contribution in [3.05, 3.63) is 120 Å². The number of allylic oxidation sites excluding steroid dienone is 1. The lowest BCUT2D eigenvalue weighted by Crippen LogP contribution is -2.44. The van der Waals surface area contributed by atoms with E-state index in [0.29, 0.717) is 0 Å². The molecule has 0 aliphatic rings. The minimum atomic E-state index is -0.416. The van der Waals surface area contributed by atoms with Crippen LogP contribution < -0.4 is 0 Å². The normalized spacial score (nSPS) is 13.2. The highest BCUT2D eigenvalue weighted by molar-refractivity contribution is 5.20. The summed E-state index contributed by atoms with van der Waals surface area (Å²) < 4.78 is 0. The molecule has 0 aromatic heterocycles. The maximum Gasteiger partial charge on any atom is 0.0701 e. The Hall–Kier alpha value is -2.68. The smallest absolute Gasteiger partial charge is 0.0701 e. The zero-order valence-corrected chi connectivity index (χ0v) is 17.0. The Labute approximate surface area is 175 Å². The fourth-order valence-electron chi connectivity index (χ4n) is 3.77. The second-order valence-corrected chi connectivity index (χ2v) is 7.57. The standard InChI is InChI=1S/C27H31NO/c1-2-3-19-27(29)26(20-23-13-7-4-8-14-23)28(21-24-15-9-5-10-16-24)22-25-17-11-6-12-18-25/h2,4-18,26-27,29H,1,3,19-22H2/t26-,27-/m0/s1. The number of hydrogen-bond donors (Lipinski definition) is 1. The number of hydrogen-bond acceptors (Lipinski definition) is 2. The molecule has 0 heterocycles. The van der Waals surface area contributed by atoms with Gasteiger partial charge < -0.3 is 5.11 Å². The first-order valence-corrected chi connectivity index (χ1v) is 10.4. The van der Waals surface area contributed by atoms with E-state index in [9.17, 15) is 5.11 Å². The lowest BCUT2D eigenvalue weighted by atomic mass is 9.95. The minimum absolute atomic E-state index is 0.0257. The Kier molecular flexibility index (Phi) is 8.24. The van der Waals surface area contributed by atoms with Crippen LogP contribution in [0.3, 0.4) is 0 Å². The van der Waals surface area contributed by atoms with Crippen LogP contribution in [-0.4, -0.2) is 22.2 Å². The molecule has 2 atom stereocenters. The van der Waals surface area contributed by atoms with Crippen molar-refractivity contribution in [2.24, 2.45) is 0 Å². The van der Waals surface area contributed by atoms with Gasteiger partial charge in [-0.25, -0.2) is 0 Å². The Bertz CT molecular complexity index is 791. The van der Waals surface area contributed by atoms with Crippen molar-refractivity contribution < 1.29 is 5.11 Å². The number of benzene rings is 3. The van der Waals surface area contributed by atoms with Crippen LogP contribution in [0.4, 0.5) is 0 Å². The van der Waals surface area contributed by atoms with Gasteiger partial charge in [0.15, 0.2) is 0 Å².